The summed E-state index contributed by atoms with van der Waals surface area (Å²) in [4.78, 5) is 23.2. The first-order chi connectivity index (χ1) is 14.2. The van der Waals surface area contributed by atoms with E-state index in [1.54, 1.807) is 23.9 Å². The highest BCUT2D eigenvalue weighted by molar-refractivity contribution is 5.96. The molecule has 1 aromatic carbocycles. The molecular formula is C20H19F3N6O. The second-order valence-electron chi connectivity index (χ2n) is 7.23. The molecule has 4 rings (SSSR count). The molecule has 1 unspecified atom stereocenters. The first-order valence-electron chi connectivity index (χ1n) is 9.40. The molecule has 156 valence electrons. The first-order valence-corrected chi connectivity index (χ1v) is 9.40. The van der Waals surface area contributed by atoms with Gasteiger partial charge in [-0.15, -0.1) is 5.10 Å². The highest BCUT2D eigenvalue weighted by Crippen LogP contribution is 2.35. The van der Waals surface area contributed by atoms with Crippen LogP contribution < -0.4 is 0 Å². The number of nitrogens with zero attached hydrogens (tertiary/aromatic N) is 6. The number of carbonyl (C=O) groups excluding carboxylic acids is 1. The number of alkyl halides is 3. The van der Waals surface area contributed by atoms with Crippen molar-refractivity contribution in [3.63, 3.8) is 0 Å². The van der Waals surface area contributed by atoms with E-state index in [1.807, 2.05) is 6.92 Å². The molecule has 0 fully saturated rings. The minimum absolute atomic E-state index is 0.0366. The van der Waals surface area contributed by atoms with Gasteiger partial charge in [0.1, 0.15) is 5.69 Å². The van der Waals surface area contributed by atoms with Crippen molar-refractivity contribution in [2.75, 3.05) is 6.54 Å². The Hall–Kier alpha value is -3.30. The largest absolute Gasteiger partial charge is 0.416 e. The van der Waals surface area contributed by atoms with Gasteiger partial charge in [0.2, 0.25) is 0 Å². The van der Waals surface area contributed by atoms with Gasteiger partial charge < -0.3 is 4.90 Å². The molecule has 2 aromatic heterocycles. The highest BCUT2D eigenvalue weighted by Gasteiger charge is 2.37. The molecule has 1 aliphatic rings. The Balaban J connectivity index is 1.67. The number of halogens is 3. The number of aryl methyl sites for hydroxylation is 1. The number of amides is 1. The van der Waals surface area contributed by atoms with Crippen molar-refractivity contribution < 1.29 is 18.0 Å². The van der Waals surface area contributed by atoms with Crippen LogP contribution in [0.1, 0.15) is 51.5 Å². The van der Waals surface area contributed by atoms with E-state index in [2.05, 4.69) is 20.3 Å². The maximum atomic E-state index is 13.2. The molecule has 0 saturated heterocycles. The van der Waals surface area contributed by atoms with Crippen molar-refractivity contribution in [2.24, 2.45) is 0 Å². The molecule has 1 atom stereocenters. The molecule has 0 aliphatic carbocycles. The van der Waals surface area contributed by atoms with Crippen LogP contribution in [0.15, 0.2) is 30.5 Å². The van der Waals surface area contributed by atoms with E-state index in [-0.39, 0.29) is 11.1 Å². The van der Waals surface area contributed by atoms with Gasteiger partial charge in [-0.1, -0.05) is 11.3 Å². The van der Waals surface area contributed by atoms with Crippen LogP contribution in [0.4, 0.5) is 13.2 Å². The predicted octanol–water partition coefficient (Wildman–Crippen LogP) is 3.45. The molecular weight excluding hydrogens is 397 g/mol. The monoisotopic (exact) mass is 416 g/mol. The lowest BCUT2D eigenvalue weighted by Gasteiger charge is -2.33. The summed E-state index contributed by atoms with van der Waals surface area (Å²) in [6.45, 7) is 5.27. The van der Waals surface area contributed by atoms with Gasteiger partial charge in [0.25, 0.3) is 11.9 Å². The number of hydrogen-bond donors (Lipinski definition) is 0. The number of hydrogen-bond acceptors (Lipinski definition) is 5. The van der Waals surface area contributed by atoms with E-state index >= 15 is 0 Å². The summed E-state index contributed by atoms with van der Waals surface area (Å²) in [7, 11) is 0. The standard InChI is InChI=1S/C20H19F3N6O/c1-11-7-9-24-19(25-11)29-16-8-10-28(13(3)17(16)26-27-29)18(30)14-5-4-6-15(12(14)2)20(21,22)23/h4-7,9,13H,8,10H2,1-3H3. The zero-order chi connectivity index (χ0) is 21.6. The fourth-order valence-electron chi connectivity index (χ4n) is 3.74. The van der Waals surface area contributed by atoms with Crippen molar-refractivity contribution in [3.8, 4) is 5.95 Å². The molecule has 0 spiro atoms. The van der Waals surface area contributed by atoms with E-state index in [0.29, 0.717) is 24.6 Å². The third-order valence-corrected chi connectivity index (χ3v) is 5.35. The Morgan fingerprint density at radius 1 is 1.20 bits per heavy atom. The predicted molar refractivity (Wildman–Crippen MR) is 101 cm³/mol. The molecule has 1 amide bonds. The van der Waals surface area contributed by atoms with Crippen LogP contribution in [0.25, 0.3) is 5.95 Å². The number of fused-ring (bicyclic) bond motifs is 1. The molecule has 0 saturated carbocycles. The lowest BCUT2D eigenvalue weighted by molar-refractivity contribution is -0.138. The summed E-state index contributed by atoms with van der Waals surface area (Å²) in [5, 5.41) is 8.35. The summed E-state index contributed by atoms with van der Waals surface area (Å²) >= 11 is 0. The lowest BCUT2D eigenvalue weighted by atomic mass is 9.98. The van der Waals surface area contributed by atoms with Crippen LogP contribution in [0.2, 0.25) is 0 Å². The van der Waals surface area contributed by atoms with Crippen molar-refractivity contribution in [2.45, 2.75) is 39.4 Å². The van der Waals surface area contributed by atoms with E-state index in [0.717, 1.165) is 17.5 Å². The molecule has 0 radical (unpaired) electrons. The number of rotatable bonds is 2. The van der Waals surface area contributed by atoms with Gasteiger partial charge in [-0.2, -0.15) is 17.9 Å². The normalized spacial score (nSPS) is 16.5. The van der Waals surface area contributed by atoms with Crippen molar-refractivity contribution in [3.05, 3.63) is 64.2 Å². The highest BCUT2D eigenvalue weighted by atomic mass is 19.4. The zero-order valence-electron chi connectivity index (χ0n) is 16.6. The Morgan fingerprint density at radius 2 is 1.97 bits per heavy atom. The molecule has 7 nitrogen and oxygen atoms in total. The molecule has 1 aliphatic heterocycles. The Kier molecular flexibility index (Phi) is 4.79. The van der Waals surface area contributed by atoms with Gasteiger partial charge >= 0.3 is 6.18 Å². The average Bonchev–Trinajstić information content (AvgIpc) is 3.12. The Morgan fingerprint density at radius 3 is 2.67 bits per heavy atom. The van der Waals surface area contributed by atoms with Crippen LogP contribution in [-0.4, -0.2) is 42.3 Å². The Labute approximate surface area is 170 Å². The van der Waals surface area contributed by atoms with Gasteiger partial charge in [0, 0.05) is 30.4 Å². The van der Waals surface area contributed by atoms with Crippen LogP contribution in [0.5, 0.6) is 0 Å². The van der Waals surface area contributed by atoms with E-state index in [9.17, 15) is 18.0 Å². The van der Waals surface area contributed by atoms with Crippen LogP contribution in [-0.2, 0) is 12.6 Å². The minimum atomic E-state index is -4.52. The van der Waals surface area contributed by atoms with Crippen LogP contribution in [0, 0.1) is 13.8 Å². The maximum absolute atomic E-state index is 13.2. The number of aromatic nitrogens is 5. The maximum Gasteiger partial charge on any atom is 0.416 e. The summed E-state index contributed by atoms with van der Waals surface area (Å²) in [6, 6.07) is 4.99. The Bertz CT molecular complexity index is 1120. The molecule has 0 bridgehead atoms. The van der Waals surface area contributed by atoms with Crippen molar-refractivity contribution in [1.82, 2.24) is 29.9 Å². The smallest absolute Gasteiger partial charge is 0.330 e. The van der Waals surface area contributed by atoms with Gasteiger partial charge in [-0.05, 0) is 44.5 Å². The molecule has 3 heterocycles. The quantitative estimate of drug-likeness (QED) is 0.640. The van der Waals surface area contributed by atoms with Crippen molar-refractivity contribution >= 4 is 5.91 Å². The summed E-state index contributed by atoms with van der Waals surface area (Å²) in [5.41, 5.74) is 1.31. The third-order valence-electron chi connectivity index (χ3n) is 5.35. The number of benzene rings is 1. The summed E-state index contributed by atoms with van der Waals surface area (Å²) < 4.78 is 41.3. The third kappa shape index (κ3) is 3.31. The second kappa shape index (κ2) is 7.19. The SMILES string of the molecule is Cc1ccnc(-n2nnc3c2CCN(C(=O)c2cccc(C(F)(F)F)c2C)C3C)n1. The first kappa shape index (κ1) is 20.0. The molecule has 10 heteroatoms. The molecule has 30 heavy (non-hydrogen) atoms. The lowest BCUT2D eigenvalue weighted by Crippen LogP contribution is -2.39. The van der Waals surface area contributed by atoms with E-state index in [4.69, 9.17) is 0 Å². The topological polar surface area (TPSA) is 76.8 Å². The summed E-state index contributed by atoms with van der Waals surface area (Å²) in [5.74, 6) is -0.0671. The van der Waals surface area contributed by atoms with Gasteiger partial charge in [-0.3, -0.25) is 4.79 Å². The fraction of sp³-hybridized carbons (Fsp3) is 0.350. The average molecular weight is 416 g/mol. The van der Waals surface area contributed by atoms with Crippen LogP contribution in [0.3, 0.4) is 0 Å². The van der Waals surface area contributed by atoms with Gasteiger partial charge in [0.15, 0.2) is 0 Å². The van der Waals surface area contributed by atoms with Gasteiger partial charge in [0.05, 0.1) is 17.3 Å². The minimum Gasteiger partial charge on any atom is -0.330 e. The number of carbonyl (C=O) groups is 1. The fourth-order valence-corrected chi connectivity index (χ4v) is 3.74. The van der Waals surface area contributed by atoms with Crippen molar-refractivity contribution in [1.29, 1.82) is 0 Å². The van der Waals surface area contributed by atoms with Gasteiger partial charge in [-0.25, -0.2) is 9.97 Å². The molecule has 3 aromatic rings. The molecule has 0 N–H and O–H groups in total. The second-order valence-corrected chi connectivity index (χ2v) is 7.23. The van der Waals surface area contributed by atoms with Crippen LogP contribution >= 0.6 is 0 Å². The summed E-state index contributed by atoms with van der Waals surface area (Å²) in [6.07, 6.45) is -2.45. The van der Waals surface area contributed by atoms with E-state index in [1.165, 1.54) is 24.0 Å². The van der Waals surface area contributed by atoms with E-state index < -0.39 is 23.7 Å². The zero-order valence-corrected chi connectivity index (χ0v) is 16.6.